The van der Waals surface area contributed by atoms with Crippen molar-refractivity contribution >= 4 is 5.91 Å². The lowest BCUT2D eigenvalue weighted by Gasteiger charge is -2.31. The van der Waals surface area contributed by atoms with Crippen molar-refractivity contribution in [2.45, 2.75) is 26.3 Å². The van der Waals surface area contributed by atoms with Crippen molar-refractivity contribution < 1.29 is 9.18 Å². The Bertz CT molecular complexity index is 492. The van der Waals surface area contributed by atoms with E-state index in [-0.39, 0.29) is 11.7 Å². The molecule has 0 spiro atoms. The number of piperidine rings is 1. The van der Waals surface area contributed by atoms with Gasteiger partial charge in [-0.3, -0.25) is 9.69 Å². The topological polar surface area (TPSA) is 58.4 Å². The number of carbonyl (C=O) groups is 1. The summed E-state index contributed by atoms with van der Waals surface area (Å²) in [5.74, 6) is 0.298. The van der Waals surface area contributed by atoms with Crippen LogP contribution in [-0.4, -0.2) is 37.0 Å². The fourth-order valence-corrected chi connectivity index (χ4v) is 2.76. The van der Waals surface area contributed by atoms with Gasteiger partial charge >= 0.3 is 0 Å². The van der Waals surface area contributed by atoms with E-state index in [0.717, 1.165) is 31.5 Å². The van der Waals surface area contributed by atoms with Crippen LogP contribution in [0.3, 0.4) is 0 Å². The van der Waals surface area contributed by atoms with Gasteiger partial charge in [-0.15, -0.1) is 0 Å². The molecule has 1 heterocycles. The van der Waals surface area contributed by atoms with Gasteiger partial charge in [0.25, 0.3) is 0 Å². The molecular formula is C16H24FN3O. The lowest BCUT2D eigenvalue weighted by atomic mass is 9.98. The largest absolute Gasteiger partial charge is 0.351 e. The average Bonchev–Trinajstić information content (AvgIpc) is 2.48. The first kappa shape index (κ1) is 15.9. The van der Waals surface area contributed by atoms with E-state index in [9.17, 15) is 9.18 Å². The maximum Gasteiger partial charge on any atom is 0.234 e. The third-order valence-corrected chi connectivity index (χ3v) is 4.02. The lowest BCUT2D eigenvalue weighted by molar-refractivity contribution is -0.122. The van der Waals surface area contributed by atoms with Gasteiger partial charge in [-0.1, -0.05) is 12.1 Å². The summed E-state index contributed by atoms with van der Waals surface area (Å²) in [6.45, 7) is 5.12. The zero-order valence-corrected chi connectivity index (χ0v) is 12.6. The highest BCUT2D eigenvalue weighted by Gasteiger charge is 2.20. The van der Waals surface area contributed by atoms with Crippen molar-refractivity contribution in [3.63, 3.8) is 0 Å². The maximum atomic E-state index is 13.2. The Kier molecular flexibility index (Phi) is 5.70. The van der Waals surface area contributed by atoms with Crippen LogP contribution in [0.15, 0.2) is 18.2 Å². The van der Waals surface area contributed by atoms with E-state index >= 15 is 0 Å². The first-order chi connectivity index (χ1) is 10.1. The fraction of sp³-hybridized carbons (Fsp3) is 0.562. The summed E-state index contributed by atoms with van der Waals surface area (Å²) in [4.78, 5) is 14.1. The van der Waals surface area contributed by atoms with Crippen molar-refractivity contribution in [1.29, 1.82) is 0 Å². The number of carbonyl (C=O) groups excluding carboxylic acids is 1. The van der Waals surface area contributed by atoms with Gasteiger partial charge in [0.2, 0.25) is 5.91 Å². The van der Waals surface area contributed by atoms with Gasteiger partial charge in [-0.2, -0.15) is 0 Å². The Labute approximate surface area is 125 Å². The minimum absolute atomic E-state index is 0.00893. The number of hydrogen-bond acceptors (Lipinski definition) is 3. The SMILES string of the molecule is Cc1cc(CNC(=O)CN2CCCC(CN)C2)ccc1F. The van der Waals surface area contributed by atoms with E-state index in [1.807, 2.05) is 0 Å². The number of nitrogens with two attached hydrogens (primary N) is 1. The molecule has 2 rings (SSSR count). The van der Waals surface area contributed by atoms with Gasteiger partial charge in [-0.05, 0) is 56.0 Å². The molecular weight excluding hydrogens is 269 g/mol. The molecule has 1 atom stereocenters. The number of rotatable bonds is 5. The van der Waals surface area contributed by atoms with Crippen molar-refractivity contribution in [2.75, 3.05) is 26.2 Å². The summed E-state index contributed by atoms with van der Waals surface area (Å²) < 4.78 is 13.2. The molecule has 21 heavy (non-hydrogen) atoms. The molecule has 0 aliphatic carbocycles. The summed E-state index contributed by atoms with van der Waals surface area (Å²) in [6.07, 6.45) is 2.26. The summed E-state index contributed by atoms with van der Waals surface area (Å²) in [6, 6.07) is 4.90. The molecule has 1 unspecified atom stereocenters. The molecule has 0 radical (unpaired) electrons. The first-order valence-electron chi connectivity index (χ1n) is 7.52. The number of benzene rings is 1. The van der Waals surface area contributed by atoms with Crippen LogP contribution in [0.2, 0.25) is 0 Å². The first-order valence-corrected chi connectivity index (χ1v) is 7.52. The van der Waals surface area contributed by atoms with Crippen LogP contribution < -0.4 is 11.1 Å². The fourth-order valence-electron chi connectivity index (χ4n) is 2.76. The summed E-state index contributed by atoms with van der Waals surface area (Å²) in [5.41, 5.74) is 7.22. The summed E-state index contributed by atoms with van der Waals surface area (Å²) in [5, 5.41) is 2.89. The second-order valence-corrected chi connectivity index (χ2v) is 5.84. The number of aryl methyl sites for hydroxylation is 1. The molecule has 1 fully saturated rings. The number of halogens is 1. The molecule has 1 aliphatic heterocycles. The number of likely N-dealkylation sites (tertiary alicyclic amines) is 1. The lowest BCUT2D eigenvalue weighted by Crippen LogP contribution is -2.43. The number of nitrogens with zero attached hydrogens (tertiary/aromatic N) is 1. The molecule has 0 bridgehead atoms. The Morgan fingerprint density at radius 3 is 3.05 bits per heavy atom. The molecule has 1 aromatic carbocycles. The number of amides is 1. The normalized spacial score (nSPS) is 19.5. The number of nitrogens with one attached hydrogen (secondary N) is 1. The van der Waals surface area contributed by atoms with E-state index in [1.165, 1.54) is 6.07 Å². The van der Waals surface area contributed by atoms with Crippen molar-refractivity contribution in [1.82, 2.24) is 10.2 Å². The molecule has 3 N–H and O–H groups in total. The van der Waals surface area contributed by atoms with Gasteiger partial charge in [0, 0.05) is 13.1 Å². The molecule has 116 valence electrons. The van der Waals surface area contributed by atoms with E-state index in [0.29, 0.717) is 31.1 Å². The molecule has 0 aromatic heterocycles. The molecule has 4 nitrogen and oxygen atoms in total. The third-order valence-electron chi connectivity index (χ3n) is 4.02. The van der Waals surface area contributed by atoms with Gasteiger partial charge in [-0.25, -0.2) is 4.39 Å². The third kappa shape index (κ3) is 4.79. The predicted octanol–water partition coefficient (Wildman–Crippen LogP) is 1.42. The quantitative estimate of drug-likeness (QED) is 0.863. The summed E-state index contributed by atoms with van der Waals surface area (Å²) >= 11 is 0. The minimum Gasteiger partial charge on any atom is -0.351 e. The highest BCUT2D eigenvalue weighted by molar-refractivity contribution is 5.78. The van der Waals surface area contributed by atoms with Crippen molar-refractivity contribution in [3.8, 4) is 0 Å². The highest BCUT2D eigenvalue weighted by atomic mass is 19.1. The van der Waals surface area contributed by atoms with Crippen molar-refractivity contribution in [3.05, 3.63) is 35.1 Å². The van der Waals surface area contributed by atoms with Crippen LogP contribution in [0.5, 0.6) is 0 Å². The van der Waals surface area contributed by atoms with Crippen molar-refractivity contribution in [2.24, 2.45) is 11.7 Å². The van der Waals surface area contributed by atoms with Crippen LogP contribution >= 0.6 is 0 Å². The highest BCUT2D eigenvalue weighted by Crippen LogP contribution is 2.14. The Hall–Kier alpha value is -1.46. The monoisotopic (exact) mass is 293 g/mol. The second-order valence-electron chi connectivity index (χ2n) is 5.84. The van der Waals surface area contributed by atoms with Crippen LogP contribution in [0.4, 0.5) is 4.39 Å². The molecule has 0 saturated carbocycles. The molecule has 5 heteroatoms. The maximum absolute atomic E-state index is 13.2. The van der Waals surface area contributed by atoms with Crippen LogP contribution in [0.25, 0.3) is 0 Å². The Morgan fingerprint density at radius 2 is 2.33 bits per heavy atom. The minimum atomic E-state index is -0.216. The summed E-state index contributed by atoms with van der Waals surface area (Å²) in [7, 11) is 0. The van der Waals surface area contributed by atoms with Crippen LogP contribution in [-0.2, 0) is 11.3 Å². The Morgan fingerprint density at radius 1 is 1.52 bits per heavy atom. The van der Waals surface area contributed by atoms with Gasteiger partial charge < -0.3 is 11.1 Å². The molecule has 1 aromatic rings. The smallest absolute Gasteiger partial charge is 0.234 e. The molecule has 1 aliphatic rings. The predicted molar refractivity (Wildman–Crippen MR) is 81.2 cm³/mol. The zero-order chi connectivity index (χ0) is 15.2. The van der Waals surface area contributed by atoms with E-state index in [2.05, 4.69) is 10.2 Å². The number of hydrogen-bond donors (Lipinski definition) is 2. The second kappa shape index (κ2) is 7.52. The Balaban J connectivity index is 1.77. The zero-order valence-electron chi connectivity index (χ0n) is 12.6. The van der Waals surface area contributed by atoms with Crippen LogP contribution in [0, 0.1) is 18.7 Å². The van der Waals surface area contributed by atoms with Crippen LogP contribution in [0.1, 0.15) is 24.0 Å². The standard InChI is InChI=1S/C16H24FN3O/c1-12-7-13(4-5-15(12)17)9-19-16(21)11-20-6-2-3-14(8-18)10-20/h4-5,7,14H,2-3,6,8-11,18H2,1H3,(H,19,21). The van der Waals surface area contributed by atoms with Gasteiger partial charge in [0.15, 0.2) is 0 Å². The molecule has 1 saturated heterocycles. The van der Waals surface area contributed by atoms with Gasteiger partial charge in [0.05, 0.1) is 6.54 Å². The average molecular weight is 293 g/mol. The van der Waals surface area contributed by atoms with E-state index in [4.69, 9.17) is 5.73 Å². The molecule has 1 amide bonds. The van der Waals surface area contributed by atoms with E-state index in [1.54, 1.807) is 19.1 Å². The van der Waals surface area contributed by atoms with Gasteiger partial charge in [0.1, 0.15) is 5.82 Å². The van der Waals surface area contributed by atoms with E-state index < -0.39 is 0 Å².